The van der Waals surface area contributed by atoms with Crippen LogP contribution in [0.25, 0.3) is 5.65 Å². The van der Waals surface area contributed by atoms with Gasteiger partial charge < -0.3 is 10.2 Å². The highest BCUT2D eigenvalue weighted by Crippen LogP contribution is 2.23. The van der Waals surface area contributed by atoms with Gasteiger partial charge in [0.1, 0.15) is 5.82 Å². The van der Waals surface area contributed by atoms with Crippen LogP contribution < -0.4 is 5.32 Å². The standard InChI is InChI=1S/C19H22Cl2N6.HI/c1-3-22-19(26(2)13-14-7-8-15(20)16(21)12-14)23-10-9-18-25-24-17-6-4-5-11-27(17)18;/h4-8,11-12H,3,9-10,13H2,1-2H3,(H,22,23);1H. The van der Waals surface area contributed by atoms with Crippen LogP contribution in [0.4, 0.5) is 0 Å². The number of hydrogen-bond donors (Lipinski definition) is 1. The molecule has 0 bridgehead atoms. The quantitative estimate of drug-likeness (QED) is 0.292. The molecule has 0 saturated carbocycles. The van der Waals surface area contributed by atoms with E-state index in [-0.39, 0.29) is 24.0 Å². The van der Waals surface area contributed by atoms with Crippen molar-refractivity contribution in [3.8, 4) is 0 Å². The van der Waals surface area contributed by atoms with Crippen LogP contribution in [0.2, 0.25) is 10.0 Å². The summed E-state index contributed by atoms with van der Waals surface area (Å²) in [5, 5.41) is 12.9. The van der Waals surface area contributed by atoms with Crippen molar-refractivity contribution < 1.29 is 0 Å². The molecule has 0 unspecified atom stereocenters. The Kier molecular flexibility index (Phi) is 8.78. The molecule has 0 radical (unpaired) electrons. The maximum absolute atomic E-state index is 6.11. The zero-order chi connectivity index (χ0) is 19.2. The van der Waals surface area contributed by atoms with E-state index in [2.05, 4.69) is 27.3 Å². The Bertz CT molecular complexity index is 943. The largest absolute Gasteiger partial charge is 0.357 e. The highest BCUT2D eigenvalue weighted by molar-refractivity contribution is 14.0. The predicted molar refractivity (Wildman–Crippen MR) is 126 cm³/mol. The normalized spacial score (nSPS) is 11.4. The van der Waals surface area contributed by atoms with Gasteiger partial charge in [-0.2, -0.15) is 0 Å². The van der Waals surface area contributed by atoms with Gasteiger partial charge in [0, 0.05) is 39.3 Å². The Morgan fingerprint density at radius 3 is 2.75 bits per heavy atom. The second-order valence-electron chi connectivity index (χ2n) is 6.14. The lowest BCUT2D eigenvalue weighted by Crippen LogP contribution is -2.38. The summed E-state index contributed by atoms with van der Waals surface area (Å²) in [6.45, 7) is 4.13. The van der Waals surface area contributed by atoms with E-state index < -0.39 is 0 Å². The maximum atomic E-state index is 6.11. The average Bonchev–Trinajstić information content (AvgIpc) is 3.07. The molecule has 150 valence electrons. The Morgan fingerprint density at radius 1 is 1.18 bits per heavy atom. The second-order valence-corrected chi connectivity index (χ2v) is 6.95. The second kappa shape index (κ2) is 10.8. The number of pyridine rings is 1. The molecule has 6 nitrogen and oxygen atoms in total. The number of benzene rings is 1. The number of nitrogens with one attached hydrogen (secondary N) is 1. The summed E-state index contributed by atoms with van der Waals surface area (Å²) in [5.41, 5.74) is 1.92. The van der Waals surface area contributed by atoms with Crippen molar-refractivity contribution in [2.45, 2.75) is 19.9 Å². The van der Waals surface area contributed by atoms with Gasteiger partial charge in [0.2, 0.25) is 0 Å². The topological polar surface area (TPSA) is 57.8 Å². The molecule has 0 aliphatic rings. The first-order valence-corrected chi connectivity index (χ1v) is 9.56. The first-order chi connectivity index (χ1) is 13.1. The van der Waals surface area contributed by atoms with Gasteiger partial charge in [0.25, 0.3) is 0 Å². The molecule has 0 aliphatic carbocycles. The number of halogens is 3. The summed E-state index contributed by atoms with van der Waals surface area (Å²) in [7, 11) is 2.00. The molecular weight excluding hydrogens is 510 g/mol. The van der Waals surface area contributed by atoms with Gasteiger partial charge in [0.05, 0.1) is 10.0 Å². The number of fused-ring (bicyclic) bond motifs is 1. The third-order valence-corrected chi connectivity index (χ3v) is 4.82. The Hall–Kier alpha value is -1.58. The molecule has 0 spiro atoms. The molecule has 1 aromatic carbocycles. The van der Waals surface area contributed by atoms with Crippen LogP contribution in [0, 0.1) is 0 Å². The van der Waals surface area contributed by atoms with E-state index in [0.717, 1.165) is 29.5 Å². The van der Waals surface area contributed by atoms with Gasteiger partial charge >= 0.3 is 0 Å². The maximum Gasteiger partial charge on any atom is 0.193 e. The fraction of sp³-hybridized carbons (Fsp3) is 0.316. The SMILES string of the molecule is CCNC(=NCCc1nnc2ccccn12)N(C)Cc1ccc(Cl)c(Cl)c1.I. The van der Waals surface area contributed by atoms with Crippen LogP contribution in [0.3, 0.4) is 0 Å². The number of rotatable bonds is 6. The van der Waals surface area contributed by atoms with Crippen molar-refractivity contribution in [1.29, 1.82) is 0 Å². The molecule has 28 heavy (non-hydrogen) atoms. The molecule has 0 fully saturated rings. The number of guanidine groups is 1. The van der Waals surface area contributed by atoms with Gasteiger partial charge in [-0.1, -0.05) is 35.3 Å². The lowest BCUT2D eigenvalue weighted by molar-refractivity contribution is 0.477. The lowest BCUT2D eigenvalue weighted by Gasteiger charge is -2.22. The van der Waals surface area contributed by atoms with Crippen molar-refractivity contribution in [2.75, 3.05) is 20.1 Å². The zero-order valence-corrected chi connectivity index (χ0v) is 19.6. The van der Waals surface area contributed by atoms with Gasteiger partial charge in [0.15, 0.2) is 11.6 Å². The monoisotopic (exact) mass is 532 g/mol. The van der Waals surface area contributed by atoms with E-state index in [0.29, 0.717) is 29.6 Å². The van der Waals surface area contributed by atoms with Crippen LogP contribution in [-0.2, 0) is 13.0 Å². The van der Waals surface area contributed by atoms with E-state index in [1.54, 1.807) is 0 Å². The van der Waals surface area contributed by atoms with Crippen molar-refractivity contribution in [3.05, 3.63) is 64.0 Å². The molecule has 9 heteroatoms. The number of nitrogens with zero attached hydrogens (tertiary/aromatic N) is 5. The van der Waals surface area contributed by atoms with Crippen molar-refractivity contribution in [3.63, 3.8) is 0 Å². The molecule has 2 aromatic heterocycles. The van der Waals surface area contributed by atoms with Crippen LogP contribution in [0.15, 0.2) is 47.6 Å². The van der Waals surface area contributed by atoms with Crippen molar-refractivity contribution >= 4 is 58.8 Å². The van der Waals surface area contributed by atoms with Crippen LogP contribution in [-0.4, -0.2) is 45.6 Å². The third kappa shape index (κ3) is 5.71. The molecule has 0 saturated heterocycles. The number of aliphatic imine (C=N–C) groups is 1. The summed E-state index contributed by atoms with van der Waals surface area (Å²) in [5.74, 6) is 1.73. The first kappa shape index (κ1) is 22.7. The molecule has 2 heterocycles. The molecule has 0 aliphatic heterocycles. The van der Waals surface area contributed by atoms with E-state index >= 15 is 0 Å². The summed E-state index contributed by atoms with van der Waals surface area (Å²) in [6.07, 6.45) is 2.68. The van der Waals surface area contributed by atoms with Gasteiger partial charge in [-0.05, 0) is 36.8 Å². The zero-order valence-electron chi connectivity index (χ0n) is 15.8. The predicted octanol–water partition coefficient (Wildman–Crippen LogP) is 4.29. The van der Waals surface area contributed by atoms with Gasteiger partial charge in [-0.15, -0.1) is 34.2 Å². The lowest BCUT2D eigenvalue weighted by atomic mass is 10.2. The molecule has 3 rings (SSSR count). The fourth-order valence-corrected chi connectivity index (χ4v) is 3.10. The Labute approximate surface area is 192 Å². The smallest absolute Gasteiger partial charge is 0.193 e. The minimum absolute atomic E-state index is 0. The minimum Gasteiger partial charge on any atom is -0.357 e. The summed E-state index contributed by atoms with van der Waals surface area (Å²) in [6, 6.07) is 11.5. The summed E-state index contributed by atoms with van der Waals surface area (Å²) < 4.78 is 1.99. The van der Waals surface area contributed by atoms with E-state index in [4.69, 9.17) is 28.2 Å². The van der Waals surface area contributed by atoms with Gasteiger partial charge in [-0.3, -0.25) is 9.39 Å². The van der Waals surface area contributed by atoms with Gasteiger partial charge in [-0.25, -0.2) is 0 Å². The molecule has 1 N–H and O–H groups in total. The summed E-state index contributed by atoms with van der Waals surface area (Å²) >= 11 is 12.1. The van der Waals surface area contributed by atoms with Crippen molar-refractivity contribution in [1.82, 2.24) is 24.8 Å². The molecular formula is C19H23Cl2IN6. The third-order valence-electron chi connectivity index (χ3n) is 4.08. The number of hydrogen-bond acceptors (Lipinski definition) is 3. The minimum atomic E-state index is 0. The molecule has 0 atom stereocenters. The molecule has 3 aromatic rings. The highest BCUT2D eigenvalue weighted by Gasteiger charge is 2.09. The number of aromatic nitrogens is 3. The van der Waals surface area contributed by atoms with E-state index in [1.165, 1.54) is 0 Å². The van der Waals surface area contributed by atoms with E-state index in [9.17, 15) is 0 Å². The van der Waals surface area contributed by atoms with Crippen LogP contribution >= 0.6 is 47.2 Å². The average molecular weight is 533 g/mol. The van der Waals surface area contributed by atoms with Crippen molar-refractivity contribution in [2.24, 2.45) is 4.99 Å². The Balaban J connectivity index is 0.00000280. The highest BCUT2D eigenvalue weighted by atomic mass is 127. The van der Waals surface area contributed by atoms with E-state index in [1.807, 2.05) is 54.0 Å². The molecule has 0 amide bonds. The van der Waals surface area contributed by atoms with Crippen LogP contribution in [0.1, 0.15) is 18.3 Å². The Morgan fingerprint density at radius 2 is 2.00 bits per heavy atom. The van der Waals surface area contributed by atoms with Crippen LogP contribution in [0.5, 0.6) is 0 Å². The fourth-order valence-electron chi connectivity index (χ4n) is 2.78. The first-order valence-electron chi connectivity index (χ1n) is 8.80. The summed E-state index contributed by atoms with van der Waals surface area (Å²) in [4.78, 5) is 6.78.